The van der Waals surface area contributed by atoms with Gasteiger partial charge in [-0.25, -0.2) is 22.7 Å². The topological polar surface area (TPSA) is 116 Å². The van der Waals surface area contributed by atoms with E-state index in [-0.39, 0.29) is 30.4 Å². The molecule has 0 radical (unpaired) electrons. The van der Waals surface area contributed by atoms with Gasteiger partial charge in [-0.1, -0.05) is 0 Å². The Labute approximate surface area is 157 Å². The zero-order valence-corrected chi connectivity index (χ0v) is 16.3. The molecule has 0 saturated carbocycles. The van der Waals surface area contributed by atoms with E-state index in [1.54, 1.807) is 11.6 Å². The van der Waals surface area contributed by atoms with Gasteiger partial charge in [-0.3, -0.25) is 9.59 Å². The second-order valence-corrected chi connectivity index (χ2v) is 9.07. The SMILES string of the molecule is COCC[N+]1=C2C(C=C1C(=O)NC1CCS(=O)(=O)C1)C(=O)N(C)C(=O)N2C. The number of nitrogens with one attached hydrogen (secondary N) is 1. The Hall–Kier alpha value is -2.27. The zero-order valence-electron chi connectivity index (χ0n) is 15.5. The third-order valence-electron chi connectivity index (χ3n) is 5.00. The summed E-state index contributed by atoms with van der Waals surface area (Å²) in [6, 6.07) is -0.941. The monoisotopic (exact) mass is 399 g/mol. The van der Waals surface area contributed by atoms with Crippen LogP contribution >= 0.6 is 0 Å². The first-order valence-electron chi connectivity index (χ1n) is 8.58. The molecule has 2 unspecified atom stereocenters. The smallest absolute Gasteiger partial charge is 0.381 e. The van der Waals surface area contributed by atoms with Crippen LogP contribution in [0.15, 0.2) is 11.8 Å². The van der Waals surface area contributed by atoms with Gasteiger partial charge >= 0.3 is 6.03 Å². The molecule has 0 bridgehead atoms. The number of imide groups is 1. The van der Waals surface area contributed by atoms with E-state index in [4.69, 9.17) is 4.74 Å². The van der Waals surface area contributed by atoms with Crippen LogP contribution in [0.2, 0.25) is 0 Å². The van der Waals surface area contributed by atoms with Crippen molar-refractivity contribution in [2.75, 3.05) is 45.9 Å². The van der Waals surface area contributed by atoms with Crippen molar-refractivity contribution in [3.05, 3.63) is 11.8 Å². The Kier molecular flexibility index (Phi) is 5.08. The Morgan fingerprint density at radius 2 is 2.04 bits per heavy atom. The number of hydrogen-bond donors (Lipinski definition) is 1. The average Bonchev–Trinajstić information content (AvgIpc) is 3.16. The third kappa shape index (κ3) is 3.48. The second kappa shape index (κ2) is 7.04. The van der Waals surface area contributed by atoms with Crippen LogP contribution in [0.3, 0.4) is 0 Å². The molecule has 0 aliphatic carbocycles. The average molecular weight is 399 g/mol. The first kappa shape index (κ1) is 19.5. The molecule has 3 heterocycles. The highest BCUT2D eigenvalue weighted by Crippen LogP contribution is 2.26. The van der Waals surface area contributed by atoms with Crippen molar-refractivity contribution >= 4 is 33.5 Å². The van der Waals surface area contributed by atoms with E-state index in [2.05, 4.69) is 5.32 Å². The molecule has 3 aliphatic heterocycles. The third-order valence-corrected chi connectivity index (χ3v) is 6.77. The van der Waals surface area contributed by atoms with Gasteiger partial charge in [0.05, 0.1) is 25.2 Å². The number of carbonyl (C=O) groups is 3. The summed E-state index contributed by atoms with van der Waals surface area (Å²) in [7, 11) is 1.32. The van der Waals surface area contributed by atoms with Crippen LogP contribution in [0.25, 0.3) is 0 Å². The number of nitrogens with zero attached hydrogens (tertiary/aromatic N) is 3. The van der Waals surface area contributed by atoms with Crippen LogP contribution in [0.1, 0.15) is 6.42 Å². The van der Waals surface area contributed by atoms with Crippen molar-refractivity contribution in [1.29, 1.82) is 0 Å². The summed E-state index contributed by atoms with van der Waals surface area (Å²) in [6.07, 6.45) is 1.88. The number of urea groups is 1. The largest absolute Gasteiger partial charge is 0.417 e. The Morgan fingerprint density at radius 1 is 1.33 bits per heavy atom. The molecule has 0 spiro atoms. The van der Waals surface area contributed by atoms with Gasteiger partial charge in [-0.2, -0.15) is 4.90 Å². The summed E-state index contributed by atoms with van der Waals surface area (Å²) in [5, 5.41) is 2.73. The molecule has 0 aromatic carbocycles. The van der Waals surface area contributed by atoms with Gasteiger partial charge in [-0.15, -0.1) is 0 Å². The molecule has 0 aromatic rings. The maximum Gasteiger partial charge on any atom is 0.417 e. The summed E-state index contributed by atoms with van der Waals surface area (Å²) in [4.78, 5) is 40.0. The van der Waals surface area contributed by atoms with Crippen LogP contribution < -0.4 is 5.32 Å². The predicted octanol–water partition coefficient (Wildman–Crippen LogP) is -1.62. The number of amides is 4. The van der Waals surface area contributed by atoms with Gasteiger partial charge in [-0.05, 0) is 12.5 Å². The molecule has 3 rings (SSSR count). The van der Waals surface area contributed by atoms with E-state index in [9.17, 15) is 22.8 Å². The quantitative estimate of drug-likeness (QED) is 0.556. The van der Waals surface area contributed by atoms with Crippen molar-refractivity contribution < 1.29 is 32.1 Å². The van der Waals surface area contributed by atoms with E-state index in [1.165, 1.54) is 25.1 Å². The molecule has 4 amide bonds. The minimum absolute atomic E-state index is 0.0465. The summed E-state index contributed by atoms with van der Waals surface area (Å²) < 4.78 is 29.9. The zero-order chi connectivity index (χ0) is 19.9. The van der Waals surface area contributed by atoms with E-state index in [0.717, 1.165) is 4.90 Å². The van der Waals surface area contributed by atoms with Crippen LogP contribution in [-0.4, -0.2) is 98.4 Å². The van der Waals surface area contributed by atoms with Crippen LogP contribution in [-0.2, 0) is 24.2 Å². The lowest BCUT2D eigenvalue weighted by atomic mass is 10.0. The Morgan fingerprint density at radius 3 is 2.63 bits per heavy atom. The van der Waals surface area contributed by atoms with Gasteiger partial charge in [0.15, 0.2) is 21.5 Å². The summed E-state index contributed by atoms with van der Waals surface area (Å²) in [5.41, 5.74) is 0.222. The van der Waals surface area contributed by atoms with Gasteiger partial charge in [0.1, 0.15) is 6.54 Å². The molecule has 148 valence electrons. The number of hydrogen-bond acceptors (Lipinski definition) is 6. The number of rotatable bonds is 5. The lowest BCUT2D eigenvalue weighted by Crippen LogP contribution is -2.57. The van der Waals surface area contributed by atoms with Gasteiger partial charge in [0, 0.05) is 20.2 Å². The Balaban J connectivity index is 1.91. The van der Waals surface area contributed by atoms with E-state index in [1.807, 2.05) is 0 Å². The molecule has 11 heteroatoms. The maximum atomic E-state index is 12.8. The van der Waals surface area contributed by atoms with Gasteiger partial charge in [0.25, 0.3) is 17.6 Å². The van der Waals surface area contributed by atoms with E-state index < -0.39 is 39.6 Å². The molecule has 2 atom stereocenters. The maximum absolute atomic E-state index is 12.8. The number of amidine groups is 1. The normalized spacial score (nSPS) is 27.1. The summed E-state index contributed by atoms with van der Waals surface area (Å²) in [6.45, 7) is 0.559. The molecule has 2 saturated heterocycles. The molecule has 2 fully saturated rings. The first-order valence-corrected chi connectivity index (χ1v) is 10.4. The molecule has 10 nitrogen and oxygen atoms in total. The summed E-state index contributed by atoms with van der Waals surface area (Å²) in [5.74, 6) is -1.27. The van der Waals surface area contributed by atoms with Crippen LogP contribution in [0.4, 0.5) is 4.79 Å². The van der Waals surface area contributed by atoms with Crippen molar-refractivity contribution in [2.45, 2.75) is 12.5 Å². The van der Waals surface area contributed by atoms with Crippen molar-refractivity contribution in [1.82, 2.24) is 15.1 Å². The van der Waals surface area contributed by atoms with Crippen molar-refractivity contribution in [3.8, 4) is 0 Å². The number of ether oxygens (including phenoxy) is 1. The Bertz CT molecular complexity index is 862. The van der Waals surface area contributed by atoms with Gasteiger partial charge in [0.2, 0.25) is 0 Å². The lowest BCUT2D eigenvalue weighted by Gasteiger charge is -2.27. The highest BCUT2D eigenvalue weighted by atomic mass is 32.2. The molecule has 3 aliphatic rings. The second-order valence-electron chi connectivity index (χ2n) is 6.84. The van der Waals surface area contributed by atoms with Crippen LogP contribution in [0.5, 0.6) is 0 Å². The number of sulfone groups is 1. The molecular formula is C16H23N4O6S+. The fourth-order valence-corrected chi connectivity index (χ4v) is 5.27. The predicted molar refractivity (Wildman–Crippen MR) is 94.7 cm³/mol. The minimum Gasteiger partial charge on any atom is -0.381 e. The summed E-state index contributed by atoms with van der Waals surface area (Å²) >= 11 is 0. The lowest BCUT2D eigenvalue weighted by molar-refractivity contribution is -0.476. The number of fused-ring (bicyclic) bond motifs is 1. The van der Waals surface area contributed by atoms with E-state index >= 15 is 0 Å². The highest BCUT2D eigenvalue weighted by Gasteiger charge is 2.51. The number of carbonyl (C=O) groups excluding carboxylic acids is 3. The van der Waals surface area contributed by atoms with E-state index in [0.29, 0.717) is 12.3 Å². The van der Waals surface area contributed by atoms with Crippen molar-refractivity contribution in [3.63, 3.8) is 0 Å². The number of methoxy groups -OCH3 is 1. The standard InChI is InChI=1S/C16H22N4O6S/c1-18-14-11(15(22)19(2)16(18)23)8-12(20(14)5-6-26-3)13(21)17-10-4-7-27(24,25)9-10/h8,10-11H,4-7,9H2,1-3H3/p+1. The molecular weight excluding hydrogens is 376 g/mol. The molecule has 0 aromatic heterocycles. The highest BCUT2D eigenvalue weighted by molar-refractivity contribution is 7.91. The molecule has 27 heavy (non-hydrogen) atoms. The fourth-order valence-electron chi connectivity index (χ4n) is 3.60. The first-order chi connectivity index (χ1) is 12.7. The van der Waals surface area contributed by atoms with Crippen LogP contribution in [0, 0.1) is 5.92 Å². The minimum atomic E-state index is -3.13. The fraction of sp³-hybridized carbons (Fsp3) is 0.625. The molecule has 1 N–H and O–H groups in total. The van der Waals surface area contributed by atoms with Gasteiger partial charge < -0.3 is 10.1 Å². The van der Waals surface area contributed by atoms with Crippen molar-refractivity contribution in [2.24, 2.45) is 5.92 Å².